The Balaban J connectivity index is 1.45. The molecule has 0 atom stereocenters. The minimum Gasteiger partial charge on any atom is -0.385 e. The number of aromatic nitrogens is 3. The molecule has 190 valence electrons. The Morgan fingerprint density at radius 1 is 1.00 bits per heavy atom. The van der Waals surface area contributed by atoms with Crippen LogP contribution in [0.1, 0.15) is 53.7 Å². The van der Waals surface area contributed by atoms with Crippen LogP contribution in [0.5, 0.6) is 0 Å². The molecule has 36 heavy (non-hydrogen) atoms. The monoisotopic (exact) mass is 495 g/mol. The van der Waals surface area contributed by atoms with E-state index >= 15 is 0 Å². The van der Waals surface area contributed by atoms with E-state index in [4.69, 9.17) is 4.98 Å². The van der Waals surface area contributed by atoms with Crippen LogP contribution in [0.3, 0.4) is 0 Å². The molecule has 1 N–H and O–H groups in total. The first-order chi connectivity index (χ1) is 17.2. The smallest absolute Gasteiger partial charge is 0.254 e. The van der Waals surface area contributed by atoms with Crippen molar-refractivity contribution in [3.63, 3.8) is 0 Å². The quantitative estimate of drug-likeness (QED) is 0.588. The Morgan fingerprint density at radius 2 is 1.72 bits per heavy atom. The third kappa shape index (κ3) is 4.72. The first-order valence-corrected chi connectivity index (χ1v) is 12.5. The summed E-state index contributed by atoms with van der Waals surface area (Å²) in [6.45, 7) is 4.33. The topological polar surface area (TPSA) is 74.5 Å². The van der Waals surface area contributed by atoms with Gasteiger partial charge in [-0.1, -0.05) is 6.07 Å². The van der Waals surface area contributed by atoms with Crippen molar-refractivity contribution in [3.05, 3.63) is 65.0 Å². The zero-order valence-corrected chi connectivity index (χ0v) is 20.7. The predicted octanol–water partition coefficient (Wildman–Crippen LogP) is 4.18. The largest absolute Gasteiger partial charge is 0.385 e. The lowest BCUT2D eigenvalue weighted by Crippen LogP contribution is -2.43. The highest BCUT2D eigenvalue weighted by molar-refractivity contribution is 5.96. The van der Waals surface area contributed by atoms with Crippen molar-refractivity contribution < 1.29 is 18.7 Å². The second kappa shape index (κ2) is 9.61. The number of amides is 1. The molecule has 0 aliphatic carbocycles. The number of anilines is 1. The fraction of sp³-hybridized carbons (Fsp3) is 0.444. The molecule has 2 aliphatic heterocycles. The van der Waals surface area contributed by atoms with E-state index in [0.29, 0.717) is 48.6 Å². The minimum atomic E-state index is -1.25. The molecule has 3 aromatic rings. The number of benzene rings is 1. The fourth-order valence-corrected chi connectivity index (χ4v) is 5.25. The summed E-state index contributed by atoms with van der Waals surface area (Å²) in [6.07, 6.45) is 5.70. The molecule has 1 amide bonds. The Bertz CT molecular complexity index is 1280. The molecule has 2 aliphatic rings. The van der Waals surface area contributed by atoms with Crippen LogP contribution in [-0.2, 0) is 12.6 Å². The zero-order chi connectivity index (χ0) is 25.4. The van der Waals surface area contributed by atoms with Crippen molar-refractivity contribution in [2.75, 3.05) is 31.1 Å². The van der Waals surface area contributed by atoms with Crippen LogP contribution in [0.2, 0.25) is 0 Å². The van der Waals surface area contributed by atoms with Gasteiger partial charge in [0.1, 0.15) is 5.82 Å². The maximum absolute atomic E-state index is 13.8. The number of nitrogens with zero attached hydrogens (tertiary/aromatic N) is 5. The van der Waals surface area contributed by atoms with E-state index in [9.17, 15) is 18.7 Å². The van der Waals surface area contributed by atoms with Crippen molar-refractivity contribution in [1.82, 2.24) is 19.7 Å². The number of hydrogen-bond donors (Lipinski definition) is 1. The van der Waals surface area contributed by atoms with Crippen LogP contribution < -0.4 is 4.90 Å². The van der Waals surface area contributed by atoms with E-state index in [0.717, 1.165) is 55.7 Å². The Morgan fingerprint density at radius 3 is 2.36 bits per heavy atom. The zero-order valence-electron chi connectivity index (χ0n) is 20.7. The van der Waals surface area contributed by atoms with Gasteiger partial charge in [0.05, 0.1) is 17.0 Å². The molecule has 9 heteroatoms. The number of aryl methyl sites for hydroxylation is 2. The van der Waals surface area contributed by atoms with Gasteiger partial charge in [-0.3, -0.25) is 9.48 Å². The third-order valence-electron chi connectivity index (χ3n) is 7.36. The highest BCUT2D eigenvalue weighted by atomic mass is 19.2. The van der Waals surface area contributed by atoms with Gasteiger partial charge < -0.3 is 14.9 Å². The van der Waals surface area contributed by atoms with E-state index in [1.807, 2.05) is 42.1 Å². The maximum atomic E-state index is 13.8. The van der Waals surface area contributed by atoms with Crippen molar-refractivity contribution in [3.8, 4) is 11.3 Å². The number of pyridine rings is 1. The summed E-state index contributed by atoms with van der Waals surface area (Å²) < 4.78 is 28.9. The van der Waals surface area contributed by atoms with Gasteiger partial charge in [0.25, 0.3) is 5.91 Å². The Labute approximate surface area is 209 Å². The van der Waals surface area contributed by atoms with Crippen molar-refractivity contribution in [1.29, 1.82) is 0 Å². The number of carbonyl (C=O) groups is 1. The first-order valence-electron chi connectivity index (χ1n) is 12.5. The highest BCUT2D eigenvalue weighted by Crippen LogP contribution is 2.36. The van der Waals surface area contributed by atoms with Crippen LogP contribution in [0.15, 0.2) is 36.5 Å². The lowest BCUT2D eigenvalue weighted by atomic mass is 9.84. The first kappa shape index (κ1) is 24.4. The fourth-order valence-electron chi connectivity index (χ4n) is 5.25. The maximum Gasteiger partial charge on any atom is 0.254 e. The van der Waals surface area contributed by atoms with Gasteiger partial charge in [-0.2, -0.15) is 5.10 Å². The molecule has 2 saturated heterocycles. The lowest BCUT2D eigenvalue weighted by Gasteiger charge is -2.39. The molecule has 2 fully saturated rings. The molecule has 2 aromatic heterocycles. The molecule has 0 spiro atoms. The molecule has 1 aromatic carbocycles. The van der Waals surface area contributed by atoms with Gasteiger partial charge in [0.2, 0.25) is 0 Å². The van der Waals surface area contributed by atoms with E-state index < -0.39 is 17.2 Å². The van der Waals surface area contributed by atoms with Crippen molar-refractivity contribution >= 4 is 11.7 Å². The minimum absolute atomic E-state index is 0.00329. The van der Waals surface area contributed by atoms with Gasteiger partial charge >= 0.3 is 0 Å². The molecular formula is C27H31F2N5O2. The summed E-state index contributed by atoms with van der Waals surface area (Å²) in [5, 5.41) is 15.6. The van der Waals surface area contributed by atoms with E-state index in [1.165, 1.54) is 6.07 Å². The van der Waals surface area contributed by atoms with Gasteiger partial charge in [-0.05, 0) is 68.9 Å². The normalized spacial score (nSPS) is 17.9. The number of carbonyl (C=O) groups excluding carboxylic acids is 1. The molecule has 7 nitrogen and oxygen atoms in total. The molecule has 0 bridgehead atoms. The van der Waals surface area contributed by atoms with E-state index in [2.05, 4.69) is 5.10 Å². The van der Waals surface area contributed by atoms with Gasteiger partial charge in [-0.15, -0.1) is 0 Å². The SMILES string of the molecule is Cc1nn(C)cc1-c1cc(C(=O)N2CCCCC2)cc(N2CCC(O)(c3ccc(F)c(F)c3)CC2)n1. The van der Waals surface area contributed by atoms with E-state index in [-0.39, 0.29) is 5.91 Å². The average Bonchev–Trinajstić information content (AvgIpc) is 3.23. The van der Waals surface area contributed by atoms with Crippen LogP contribution in [-0.4, -0.2) is 56.9 Å². The highest BCUT2D eigenvalue weighted by Gasteiger charge is 2.35. The summed E-state index contributed by atoms with van der Waals surface area (Å²) in [6, 6.07) is 7.23. The number of aliphatic hydroxyl groups is 1. The number of rotatable bonds is 4. The second-order valence-corrected chi connectivity index (χ2v) is 9.90. The third-order valence-corrected chi connectivity index (χ3v) is 7.36. The number of halogens is 2. The van der Waals surface area contributed by atoms with Crippen LogP contribution in [0, 0.1) is 18.6 Å². The number of likely N-dealkylation sites (tertiary alicyclic amines) is 1. The lowest BCUT2D eigenvalue weighted by molar-refractivity contribution is 0.0113. The van der Waals surface area contributed by atoms with Gasteiger partial charge in [0.15, 0.2) is 11.6 Å². The molecule has 0 radical (unpaired) electrons. The van der Waals surface area contributed by atoms with Gasteiger partial charge in [0, 0.05) is 50.6 Å². The Hall–Kier alpha value is -3.33. The van der Waals surface area contributed by atoms with Crippen LogP contribution in [0.4, 0.5) is 14.6 Å². The molecule has 0 unspecified atom stereocenters. The summed E-state index contributed by atoms with van der Waals surface area (Å²) >= 11 is 0. The molecule has 0 saturated carbocycles. The molecule has 4 heterocycles. The van der Waals surface area contributed by atoms with Crippen molar-refractivity contribution in [2.45, 2.75) is 44.6 Å². The average molecular weight is 496 g/mol. The Kier molecular flexibility index (Phi) is 6.51. The van der Waals surface area contributed by atoms with Gasteiger partial charge in [-0.25, -0.2) is 13.8 Å². The predicted molar refractivity (Wildman–Crippen MR) is 133 cm³/mol. The number of hydrogen-bond acceptors (Lipinski definition) is 5. The van der Waals surface area contributed by atoms with E-state index in [1.54, 1.807) is 4.68 Å². The van der Waals surface area contributed by atoms with Crippen molar-refractivity contribution in [2.24, 2.45) is 7.05 Å². The molecule has 5 rings (SSSR count). The van der Waals surface area contributed by atoms with Crippen LogP contribution >= 0.6 is 0 Å². The summed E-state index contributed by atoms with van der Waals surface area (Å²) in [5.74, 6) is -1.25. The summed E-state index contributed by atoms with van der Waals surface area (Å²) in [4.78, 5) is 22.2. The van der Waals surface area contributed by atoms with Crippen LogP contribution in [0.25, 0.3) is 11.3 Å². The summed E-state index contributed by atoms with van der Waals surface area (Å²) in [5.41, 5.74) is 2.07. The molecular weight excluding hydrogens is 464 g/mol. The standard InChI is InChI=1S/C27H31F2N5O2/c1-18-21(17-32(2)31-18)24-14-19(26(35)34-10-4-3-5-11-34)15-25(30-24)33-12-8-27(36,9-13-33)20-6-7-22(28)23(29)16-20/h6-7,14-17,36H,3-5,8-13H2,1-2H3. The second-order valence-electron chi connectivity index (χ2n) is 9.90. The number of piperidine rings is 2. The summed E-state index contributed by atoms with van der Waals surface area (Å²) in [7, 11) is 1.85.